The Labute approximate surface area is 162 Å². The van der Waals surface area contributed by atoms with Crippen LogP contribution in [0.25, 0.3) is 27.7 Å². The van der Waals surface area contributed by atoms with Crippen LogP contribution in [0.4, 0.5) is 0 Å². The van der Waals surface area contributed by atoms with Gasteiger partial charge in [-0.15, -0.1) is 0 Å². The van der Waals surface area contributed by atoms with Gasteiger partial charge in [0.05, 0.1) is 16.6 Å². The Hall–Kier alpha value is -2.99. The molecule has 0 amide bonds. The van der Waals surface area contributed by atoms with Crippen LogP contribution in [0.5, 0.6) is 0 Å². The highest BCUT2D eigenvalue weighted by molar-refractivity contribution is 5.85. The Morgan fingerprint density at radius 1 is 1.07 bits per heavy atom. The van der Waals surface area contributed by atoms with E-state index in [4.69, 9.17) is 9.84 Å². The largest absolute Gasteiger partial charge is 0.381 e. The molecule has 4 heterocycles. The van der Waals surface area contributed by atoms with Crippen molar-refractivity contribution < 1.29 is 4.74 Å². The van der Waals surface area contributed by atoms with E-state index < -0.39 is 0 Å². The van der Waals surface area contributed by atoms with Crippen LogP contribution < -0.4 is 5.56 Å². The molecule has 0 N–H and O–H groups in total. The molecule has 0 radical (unpaired) electrons. The van der Waals surface area contributed by atoms with Crippen molar-refractivity contribution in [3.8, 4) is 11.1 Å². The van der Waals surface area contributed by atoms with Gasteiger partial charge in [-0.25, -0.2) is 4.52 Å². The standard InChI is InChI=1S/C22H22N4O2/c1-14-11-17(5-8-23-14)16-3-4-18-20(12-16)26-21(25(2)22(18)27)13-19(24-26)15-6-9-28-10-7-15/h3-5,8,11-13,15H,6-7,9-10H2,1-2H3. The van der Waals surface area contributed by atoms with Gasteiger partial charge in [-0.1, -0.05) is 6.07 Å². The van der Waals surface area contributed by atoms with Crippen molar-refractivity contribution in [2.24, 2.45) is 7.05 Å². The molecule has 0 spiro atoms. The summed E-state index contributed by atoms with van der Waals surface area (Å²) >= 11 is 0. The normalized spacial score (nSPS) is 15.5. The Balaban J connectivity index is 1.75. The number of aromatic nitrogens is 4. The van der Waals surface area contributed by atoms with Crippen molar-refractivity contribution in [3.63, 3.8) is 0 Å². The van der Waals surface area contributed by atoms with Crippen LogP contribution in [0.3, 0.4) is 0 Å². The second-order valence-corrected chi connectivity index (χ2v) is 7.51. The summed E-state index contributed by atoms with van der Waals surface area (Å²) in [6, 6.07) is 12.0. The molecule has 1 saturated heterocycles. The maximum atomic E-state index is 12.9. The number of rotatable bonds is 2. The summed E-state index contributed by atoms with van der Waals surface area (Å²) in [6.45, 7) is 3.51. The van der Waals surface area contributed by atoms with Crippen molar-refractivity contribution in [3.05, 3.63) is 64.3 Å². The van der Waals surface area contributed by atoms with Gasteiger partial charge in [-0.05, 0) is 55.2 Å². The predicted octanol–water partition coefficient (Wildman–Crippen LogP) is 3.45. The molecule has 3 aromatic heterocycles. The highest BCUT2D eigenvalue weighted by atomic mass is 16.5. The predicted molar refractivity (Wildman–Crippen MR) is 109 cm³/mol. The lowest BCUT2D eigenvalue weighted by molar-refractivity contribution is 0.0844. The first-order valence-electron chi connectivity index (χ1n) is 9.65. The Morgan fingerprint density at radius 2 is 1.86 bits per heavy atom. The number of pyridine rings is 1. The summed E-state index contributed by atoms with van der Waals surface area (Å²) in [4.78, 5) is 17.2. The van der Waals surface area contributed by atoms with E-state index >= 15 is 0 Å². The molecule has 1 fully saturated rings. The van der Waals surface area contributed by atoms with E-state index in [0.29, 0.717) is 11.3 Å². The van der Waals surface area contributed by atoms with Crippen LogP contribution in [0.15, 0.2) is 47.4 Å². The van der Waals surface area contributed by atoms with E-state index in [1.54, 1.807) is 4.57 Å². The molecule has 142 valence electrons. The zero-order valence-electron chi connectivity index (χ0n) is 16.1. The van der Waals surface area contributed by atoms with Gasteiger partial charge in [-0.2, -0.15) is 5.10 Å². The van der Waals surface area contributed by atoms with Crippen molar-refractivity contribution >= 4 is 16.6 Å². The third kappa shape index (κ3) is 2.72. The smallest absolute Gasteiger partial charge is 0.261 e. The minimum atomic E-state index is -0.00149. The minimum absolute atomic E-state index is 0.00149. The van der Waals surface area contributed by atoms with Crippen LogP contribution in [-0.4, -0.2) is 32.4 Å². The Kier molecular flexibility index (Phi) is 4.02. The molecular formula is C22H22N4O2. The summed E-state index contributed by atoms with van der Waals surface area (Å²) < 4.78 is 9.09. The molecule has 6 nitrogen and oxygen atoms in total. The fraction of sp³-hybridized carbons (Fsp3) is 0.318. The molecule has 0 saturated carbocycles. The van der Waals surface area contributed by atoms with Crippen molar-refractivity contribution in [2.45, 2.75) is 25.7 Å². The third-order valence-corrected chi connectivity index (χ3v) is 5.68. The van der Waals surface area contributed by atoms with Crippen LogP contribution in [0.1, 0.15) is 30.1 Å². The van der Waals surface area contributed by atoms with E-state index in [2.05, 4.69) is 23.2 Å². The van der Waals surface area contributed by atoms with Crippen molar-refractivity contribution in [1.82, 2.24) is 19.2 Å². The van der Waals surface area contributed by atoms with E-state index in [0.717, 1.165) is 59.7 Å². The average Bonchev–Trinajstić information content (AvgIpc) is 3.18. The number of fused-ring (bicyclic) bond motifs is 3. The SMILES string of the molecule is Cc1cc(-c2ccc3c(=O)n(C)c4cc(C5CCOCC5)nn4c3c2)ccn1. The summed E-state index contributed by atoms with van der Waals surface area (Å²) in [5, 5.41) is 5.58. The summed E-state index contributed by atoms with van der Waals surface area (Å²) in [5.41, 5.74) is 5.79. The second-order valence-electron chi connectivity index (χ2n) is 7.51. The first-order valence-corrected chi connectivity index (χ1v) is 9.65. The topological polar surface area (TPSA) is 61.4 Å². The minimum Gasteiger partial charge on any atom is -0.381 e. The third-order valence-electron chi connectivity index (χ3n) is 5.68. The monoisotopic (exact) mass is 374 g/mol. The van der Waals surface area contributed by atoms with Gasteiger partial charge in [0.2, 0.25) is 0 Å². The highest BCUT2D eigenvalue weighted by Gasteiger charge is 2.21. The molecule has 0 unspecified atom stereocenters. The fourth-order valence-corrected chi connectivity index (χ4v) is 4.08. The van der Waals surface area contributed by atoms with Gasteiger partial charge in [-0.3, -0.25) is 14.3 Å². The molecular weight excluding hydrogens is 352 g/mol. The molecule has 28 heavy (non-hydrogen) atoms. The van der Waals surface area contributed by atoms with Gasteiger partial charge in [0, 0.05) is 44.1 Å². The lowest BCUT2D eigenvalue weighted by atomic mass is 9.97. The lowest BCUT2D eigenvalue weighted by Crippen LogP contribution is -2.19. The van der Waals surface area contributed by atoms with Gasteiger partial charge in [0.25, 0.3) is 5.56 Å². The highest BCUT2D eigenvalue weighted by Crippen LogP contribution is 2.28. The number of hydrogen-bond donors (Lipinski definition) is 0. The van der Waals surface area contributed by atoms with Crippen LogP contribution in [-0.2, 0) is 11.8 Å². The van der Waals surface area contributed by atoms with Gasteiger partial charge >= 0.3 is 0 Å². The maximum absolute atomic E-state index is 12.9. The molecule has 1 aliphatic rings. The zero-order valence-corrected chi connectivity index (χ0v) is 16.1. The summed E-state index contributed by atoms with van der Waals surface area (Å²) in [7, 11) is 1.81. The Morgan fingerprint density at radius 3 is 2.64 bits per heavy atom. The maximum Gasteiger partial charge on any atom is 0.261 e. The Bertz CT molecular complexity index is 1250. The molecule has 4 aromatic rings. The summed E-state index contributed by atoms with van der Waals surface area (Å²) in [5.74, 6) is 0.379. The molecule has 5 rings (SSSR count). The average molecular weight is 374 g/mol. The van der Waals surface area contributed by atoms with E-state index in [-0.39, 0.29) is 5.56 Å². The van der Waals surface area contributed by atoms with E-state index in [9.17, 15) is 4.79 Å². The number of ether oxygens (including phenoxy) is 1. The second kappa shape index (κ2) is 6.56. The van der Waals surface area contributed by atoms with Gasteiger partial charge in [0.1, 0.15) is 5.65 Å². The van der Waals surface area contributed by atoms with Crippen LogP contribution >= 0.6 is 0 Å². The first kappa shape index (κ1) is 17.1. The van der Waals surface area contributed by atoms with E-state index in [1.165, 1.54) is 0 Å². The number of benzene rings is 1. The number of hydrogen-bond acceptors (Lipinski definition) is 4. The zero-order chi connectivity index (χ0) is 19.3. The van der Waals surface area contributed by atoms with Crippen molar-refractivity contribution in [2.75, 3.05) is 13.2 Å². The first-order chi connectivity index (χ1) is 13.6. The van der Waals surface area contributed by atoms with Crippen LogP contribution in [0.2, 0.25) is 0 Å². The lowest BCUT2D eigenvalue weighted by Gasteiger charge is -2.19. The van der Waals surface area contributed by atoms with Crippen LogP contribution in [0, 0.1) is 6.92 Å². The number of aryl methyl sites for hydroxylation is 2. The molecule has 1 aliphatic heterocycles. The van der Waals surface area contributed by atoms with Crippen molar-refractivity contribution in [1.29, 1.82) is 0 Å². The molecule has 6 heteroatoms. The quantitative estimate of drug-likeness (QED) is 0.539. The van der Waals surface area contributed by atoms with E-state index in [1.807, 2.05) is 42.9 Å². The fourth-order valence-electron chi connectivity index (χ4n) is 4.08. The number of nitrogens with zero attached hydrogens (tertiary/aromatic N) is 4. The molecule has 1 aromatic carbocycles. The molecule has 0 aliphatic carbocycles. The molecule has 0 atom stereocenters. The van der Waals surface area contributed by atoms with Gasteiger partial charge < -0.3 is 4.74 Å². The molecule has 0 bridgehead atoms. The van der Waals surface area contributed by atoms with Gasteiger partial charge in [0.15, 0.2) is 0 Å². The summed E-state index contributed by atoms with van der Waals surface area (Å²) in [6.07, 6.45) is 3.75.